The van der Waals surface area contributed by atoms with E-state index in [0.29, 0.717) is 5.02 Å². The minimum absolute atomic E-state index is 0.0710. The highest BCUT2D eigenvalue weighted by atomic mass is 35.5. The third kappa shape index (κ3) is 1.82. The summed E-state index contributed by atoms with van der Waals surface area (Å²) < 4.78 is 0. The number of rotatable bonds is 1. The third-order valence-corrected chi connectivity index (χ3v) is 4.23. The molecule has 0 heterocycles. The van der Waals surface area contributed by atoms with Crippen LogP contribution in [0.4, 0.5) is 0 Å². The SMILES string of the molecule is O=c1/c(=C/c2ccccc2Cl)c2cccc3cccc1c32. The highest BCUT2D eigenvalue weighted by molar-refractivity contribution is 6.32. The molecule has 0 radical (unpaired) electrons. The lowest BCUT2D eigenvalue weighted by Gasteiger charge is -1.97. The van der Waals surface area contributed by atoms with Crippen molar-refractivity contribution in [1.82, 2.24) is 0 Å². The molecule has 4 aromatic rings. The summed E-state index contributed by atoms with van der Waals surface area (Å²) in [6.45, 7) is 0. The second-order valence-electron chi connectivity index (χ2n) is 5.12. The van der Waals surface area contributed by atoms with Crippen molar-refractivity contribution in [2.45, 2.75) is 0 Å². The van der Waals surface area contributed by atoms with E-state index in [1.165, 1.54) is 0 Å². The molecule has 0 aromatic heterocycles. The summed E-state index contributed by atoms with van der Waals surface area (Å²) in [7, 11) is 0. The summed E-state index contributed by atoms with van der Waals surface area (Å²) in [5.74, 6) is 0. The molecule has 0 saturated carbocycles. The van der Waals surface area contributed by atoms with E-state index in [-0.39, 0.29) is 5.43 Å². The molecule has 100 valence electrons. The minimum atomic E-state index is 0.0710. The van der Waals surface area contributed by atoms with Crippen LogP contribution in [0.1, 0.15) is 5.56 Å². The van der Waals surface area contributed by atoms with Gasteiger partial charge in [-0.15, -0.1) is 0 Å². The topological polar surface area (TPSA) is 17.1 Å². The first-order chi connectivity index (χ1) is 10.3. The highest BCUT2D eigenvalue weighted by Gasteiger charge is 2.10. The summed E-state index contributed by atoms with van der Waals surface area (Å²) >= 11 is 6.21. The van der Waals surface area contributed by atoms with Gasteiger partial charge in [0.05, 0.1) is 0 Å². The standard InChI is InChI=1S/C19H11ClO/c20-17-10-2-1-5-13(17)11-16-14-8-3-6-12-7-4-9-15(18(12)14)19(16)21/h1-11H/b16-11+. The van der Waals surface area contributed by atoms with Gasteiger partial charge in [-0.1, -0.05) is 66.2 Å². The maximum atomic E-state index is 12.7. The van der Waals surface area contributed by atoms with Gasteiger partial charge >= 0.3 is 0 Å². The molecule has 2 heteroatoms. The van der Waals surface area contributed by atoms with Crippen molar-refractivity contribution < 1.29 is 0 Å². The summed E-state index contributed by atoms with van der Waals surface area (Å²) in [6, 6.07) is 19.4. The van der Waals surface area contributed by atoms with E-state index in [0.717, 1.165) is 32.3 Å². The van der Waals surface area contributed by atoms with E-state index < -0.39 is 0 Å². The van der Waals surface area contributed by atoms with Crippen molar-refractivity contribution >= 4 is 39.2 Å². The number of hydrogen-bond acceptors (Lipinski definition) is 1. The van der Waals surface area contributed by atoms with Crippen LogP contribution >= 0.6 is 11.6 Å². The molecule has 0 bridgehead atoms. The first-order valence-corrected chi connectivity index (χ1v) is 7.16. The van der Waals surface area contributed by atoms with Crippen molar-refractivity contribution in [3.05, 3.63) is 86.7 Å². The summed E-state index contributed by atoms with van der Waals surface area (Å²) in [6.07, 6.45) is 1.89. The average Bonchev–Trinajstić information content (AvgIpc) is 2.78. The molecule has 0 aliphatic carbocycles. The lowest BCUT2D eigenvalue weighted by atomic mass is 10.1. The molecule has 0 N–H and O–H groups in total. The van der Waals surface area contributed by atoms with Gasteiger partial charge in [-0.2, -0.15) is 0 Å². The Morgan fingerprint density at radius 1 is 0.810 bits per heavy atom. The number of hydrogen-bond donors (Lipinski definition) is 0. The Labute approximate surface area is 126 Å². The number of halogens is 1. The normalized spacial score (nSPS) is 12.5. The van der Waals surface area contributed by atoms with Crippen molar-refractivity contribution in [3.8, 4) is 0 Å². The molecule has 0 aliphatic heterocycles. The van der Waals surface area contributed by atoms with Crippen LogP contribution in [0.25, 0.3) is 27.6 Å². The Bertz CT molecular complexity index is 1060. The maximum absolute atomic E-state index is 12.7. The predicted octanol–water partition coefficient (Wildman–Crippen LogP) is 3.99. The predicted molar refractivity (Wildman–Crippen MR) is 89.1 cm³/mol. The van der Waals surface area contributed by atoms with Crippen LogP contribution in [0.5, 0.6) is 0 Å². The van der Waals surface area contributed by atoms with Crippen molar-refractivity contribution in [1.29, 1.82) is 0 Å². The van der Waals surface area contributed by atoms with E-state index >= 15 is 0 Å². The second-order valence-corrected chi connectivity index (χ2v) is 5.53. The molecule has 0 saturated heterocycles. The van der Waals surface area contributed by atoms with Crippen molar-refractivity contribution in [3.63, 3.8) is 0 Å². The summed E-state index contributed by atoms with van der Waals surface area (Å²) in [4.78, 5) is 12.7. The van der Waals surface area contributed by atoms with Gasteiger partial charge in [-0.3, -0.25) is 4.79 Å². The summed E-state index contributed by atoms with van der Waals surface area (Å²) in [5, 5.41) is 5.29. The van der Waals surface area contributed by atoms with Crippen LogP contribution in [-0.4, -0.2) is 0 Å². The molecule has 0 amide bonds. The van der Waals surface area contributed by atoms with Crippen molar-refractivity contribution in [2.24, 2.45) is 0 Å². The molecule has 0 aliphatic rings. The van der Waals surface area contributed by atoms with Gasteiger partial charge in [0, 0.05) is 21.0 Å². The Morgan fingerprint density at radius 3 is 2.29 bits per heavy atom. The molecule has 21 heavy (non-hydrogen) atoms. The van der Waals surface area contributed by atoms with Crippen molar-refractivity contribution in [2.75, 3.05) is 0 Å². The largest absolute Gasteiger partial charge is 0.289 e. The van der Waals surface area contributed by atoms with E-state index in [1.54, 1.807) is 0 Å². The zero-order chi connectivity index (χ0) is 14.4. The average molecular weight is 291 g/mol. The molecule has 0 unspecified atom stereocenters. The fourth-order valence-corrected chi connectivity index (χ4v) is 3.10. The molecule has 1 nitrogen and oxygen atoms in total. The second kappa shape index (κ2) is 4.57. The third-order valence-electron chi connectivity index (χ3n) is 3.89. The van der Waals surface area contributed by atoms with Crippen LogP contribution in [0, 0.1) is 0 Å². The molecular formula is C19H11ClO. The zero-order valence-corrected chi connectivity index (χ0v) is 11.9. The molecule has 4 aromatic carbocycles. The van der Waals surface area contributed by atoms with Crippen LogP contribution in [0.15, 0.2) is 65.5 Å². The molecule has 0 atom stereocenters. The van der Waals surface area contributed by atoms with E-state index in [2.05, 4.69) is 0 Å². The zero-order valence-electron chi connectivity index (χ0n) is 11.1. The fourth-order valence-electron chi connectivity index (χ4n) is 2.91. The first-order valence-electron chi connectivity index (χ1n) is 6.79. The van der Waals surface area contributed by atoms with E-state index in [4.69, 9.17) is 11.6 Å². The minimum Gasteiger partial charge on any atom is -0.289 e. The first kappa shape index (κ1) is 12.4. The molecule has 0 spiro atoms. The molecule has 4 rings (SSSR count). The smallest absolute Gasteiger partial charge is 0.194 e. The van der Waals surface area contributed by atoms with Crippen LogP contribution < -0.4 is 10.6 Å². The number of benzene rings is 3. The van der Waals surface area contributed by atoms with Gasteiger partial charge in [0.25, 0.3) is 0 Å². The van der Waals surface area contributed by atoms with Gasteiger partial charge < -0.3 is 0 Å². The van der Waals surface area contributed by atoms with Gasteiger partial charge in [0.2, 0.25) is 0 Å². The quantitative estimate of drug-likeness (QED) is 0.518. The fraction of sp³-hybridized carbons (Fsp3) is 0. The van der Waals surface area contributed by atoms with Crippen LogP contribution in [0.3, 0.4) is 0 Å². The highest BCUT2D eigenvalue weighted by Crippen LogP contribution is 2.23. The lowest BCUT2D eigenvalue weighted by molar-refractivity contribution is 1.61. The monoisotopic (exact) mass is 290 g/mol. The van der Waals surface area contributed by atoms with E-state index in [9.17, 15) is 4.79 Å². The van der Waals surface area contributed by atoms with Gasteiger partial charge in [-0.25, -0.2) is 0 Å². The van der Waals surface area contributed by atoms with Gasteiger partial charge in [-0.05, 0) is 28.5 Å². The molecule has 0 fully saturated rings. The van der Waals surface area contributed by atoms with Crippen LogP contribution in [-0.2, 0) is 0 Å². The maximum Gasteiger partial charge on any atom is 0.194 e. The Balaban J connectivity index is 2.20. The Kier molecular flexibility index (Phi) is 2.69. The van der Waals surface area contributed by atoms with Crippen LogP contribution in [0.2, 0.25) is 5.02 Å². The van der Waals surface area contributed by atoms with Gasteiger partial charge in [0.1, 0.15) is 0 Å². The lowest BCUT2D eigenvalue weighted by Crippen LogP contribution is -2.19. The summed E-state index contributed by atoms with van der Waals surface area (Å²) in [5.41, 5.74) is 0.939. The van der Waals surface area contributed by atoms with Gasteiger partial charge in [0.15, 0.2) is 5.43 Å². The Hall–Kier alpha value is -2.38. The van der Waals surface area contributed by atoms with E-state index in [1.807, 2.05) is 66.7 Å². The Morgan fingerprint density at radius 2 is 1.52 bits per heavy atom. The molecular weight excluding hydrogens is 280 g/mol.